The second-order valence-electron chi connectivity index (χ2n) is 6.02. The molecule has 0 fully saturated rings. The Morgan fingerprint density at radius 1 is 1.17 bits per heavy atom. The highest BCUT2D eigenvalue weighted by atomic mass is 35.5. The van der Waals surface area contributed by atoms with Crippen LogP contribution in [0.5, 0.6) is 0 Å². The number of hydrogen-bond acceptors (Lipinski definition) is 3. The van der Waals surface area contributed by atoms with Crippen molar-refractivity contribution >= 4 is 27.5 Å². The summed E-state index contributed by atoms with van der Waals surface area (Å²) in [7, 11) is -4.35. The molecule has 0 heterocycles. The molecule has 0 aliphatic rings. The van der Waals surface area contributed by atoms with Gasteiger partial charge in [-0.15, -0.1) is 6.58 Å². The molecule has 1 N–H and O–H groups in total. The molecule has 1 amide bonds. The number of nitrogens with one attached hydrogen (secondary N) is 1. The number of rotatable bonds is 8. The fourth-order valence-corrected chi connectivity index (χ4v) is 4.06. The second-order valence-corrected chi connectivity index (χ2v) is 8.39. The highest BCUT2D eigenvalue weighted by molar-refractivity contribution is 7.89. The molecule has 0 spiro atoms. The van der Waals surface area contributed by atoms with Crippen molar-refractivity contribution in [3.8, 4) is 0 Å². The number of carbonyl (C=O) groups is 1. The number of carbonyl (C=O) groups excluding carboxylic acids is 1. The van der Waals surface area contributed by atoms with Gasteiger partial charge >= 0.3 is 6.18 Å². The van der Waals surface area contributed by atoms with Crippen LogP contribution in [0.25, 0.3) is 0 Å². The molecule has 0 bridgehead atoms. The summed E-state index contributed by atoms with van der Waals surface area (Å²) in [6, 6.07) is 10.1. The molecule has 2 rings (SSSR count). The Balaban J connectivity index is 2.17. The van der Waals surface area contributed by atoms with Gasteiger partial charge in [0.25, 0.3) is 0 Å². The average Bonchev–Trinajstić information content (AvgIpc) is 2.65. The molecule has 0 radical (unpaired) electrons. The zero-order valence-corrected chi connectivity index (χ0v) is 16.7. The lowest BCUT2D eigenvalue weighted by atomic mass is 10.2. The first-order chi connectivity index (χ1) is 13.5. The maximum Gasteiger partial charge on any atom is 0.416 e. The zero-order chi connectivity index (χ0) is 21.7. The van der Waals surface area contributed by atoms with Gasteiger partial charge in [0.1, 0.15) is 0 Å². The molecule has 156 valence electrons. The van der Waals surface area contributed by atoms with Crippen molar-refractivity contribution in [3.05, 3.63) is 77.3 Å². The van der Waals surface area contributed by atoms with Crippen LogP contribution >= 0.6 is 11.6 Å². The van der Waals surface area contributed by atoms with Gasteiger partial charge in [0.05, 0.1) is 17.0 Å². The normalized spacial score (nSPS) is 12.0. The SMILES string of the molecule is C=CCN(CC(=O)NCc1cccc(Cl)c1)S(=O)(=O)c1cccc(C(F)(F)F)c1. The summed E-state index contributed by atoms with van der Waals surface area (Å²) in [5, 5.41) is 3.04. The lowest BCUT2D eigenvalue weighted by Crippen LogP contribution is -2.40. The summed E-state index contributed by atoms with van der Waals surface area (Å²) in [5.41, 5.74) is -0.385. The summed E-state index contributed by atoms with van der Waals surface area (Å²) in [6.45, 7) is 2.73. The molecular formula is C19H18ClF3N2O3S. The van der Waals surface area contributed by atoms with E-state index in [-0.39, 0.29) is 13.1 Å². The Kier molecular flexibility index (Phi) is 7.45. The standard InChI is InChI=1S/C19H18ClF3N2O3S/c1-2-9-25(13-18(26)24-12-14-5-3-7-16(20)10-14)29(27,28)17-8-4-6-15(11-17)19(21,22)23/h2-8,10-11H,1,9,12-13H2,(H,24,26). The number of benzene rings is 2. The summed E-state index contributed by atoms with van der Waals surface area (Å²) >= 11 is 5.87. The van der Waals surface area contributed by atoms with E-state index in [4.69, 9.17) is 11.6 Å². The van der Waals surface area contributed by atoms with E-state index in [9.17, 15) is 26.4 Å². The largest absolute Gasteiger partial charge is 0.416 e. The Morgan fingerprint density at radius 2 is 1.86 bits per heavy atom. The first kappa shape index (κ1) is 22.9. The summed E-state index contributed by atoms with van der Waals surface area (Å²) in [6.07, 6.45) is -3.45. The molecule has 29 heavy (non-hydrogen) atoms. The van der Waals surface area contributed by atoms with E-state index in [1.54, 1.807) is 24.3 Å². The number of halogens is 4. The Morgan fingerprint density at radius 3 is 2.48 bits per heavy atom. The molecule has 0 atom stereocenters. The topological polar surface area (TPSA) is 66.5 Å². The Hall–Kier alpha value is -2.36. The van der Waals surface area contributed by atoms with E-state index < -0.39 is 39.1 Å². The number of sulfonamides is 1. The maximum atomic E-state index is 12.9. The number of hydrogen-bond donors (Lipinski definition) is 1. The van der Waals surface area contributed by atoms with E-state index in [1.165, 1.54) is 6.08 Å². The second kappa shape index (κ2) is 9.43. The molecule has 0 aliphatic heterocycles. The summed E-state index contributed by atoms with van der Waals surface area (Å²) in [5.74, 6) is -0.623. The minimum absolute atomic E-state index is 0.116. The predicted molar refractivity (Wildman–Crippen MR) is 104 cm³/mol. The van der Waals surface area contributed by atoms with Crippen LogP contribution in [0.1, 0.15) is 11.1 Å². The minimum Gasteiger partial charge on any atom is -0.351 e. The third-order valence-electron chi connectivity index (χ3n) is 3.83. The molecule has 0 saturated carbocycles. The lowest BCUT2D eigenvalue weighted by Gasteiger charge is -2.21. The fourth-order valence-electron chi connectivity index (χ4n) is 2.44. The van der Waals surface area contributed by atoms with Gasteiger partial charge in [-0.25, -0.2) is 8.42 Å². The van der Waals surface area contributed by atoms with Gasteiger partial charge in [0.2, 0.25) is 15.9 Å². The number of amides is 1. The molecule has 5 nitrogen and oxygen atoms in total. The van der Waals surface area contributed by atoms with Crippen LogP contribution in [0.15, 0.2) is 66.1 Å². The molecule has 10 heteroatoms. The third-order valence-corrected chi connectivity index (χ3v) is 5.87. The van der Waals surface area contributed by atoms with Crippen molar-refractivity contribution in [1.29, 1.82) is 0 Å². The molecule has 2 aromatic rings. The van der Waals surface area contributed by atoms with Crippen LogP contribution < -0.4 is 5.32 Å². The first-order valence-corrected chi connectivity index (χ1v) is 10.2. The van der Waals surface area contributed by atoms with Crippen molar-refractivity contribution in [1.82, 2.24) is 9.62 Å². The van der Waals surface area contributed by atoms with E-state index in [2.05, 4.69) is 11.9 Å². The third kappa shape index (κ3) is 6.31. The summed E-state index contributed by atoms with van der Waals surface area (Å²) in [4.78, 5) is 11.7. The van der Waals surface area contributed by atoms with Crippen LogP contribution in [-0.4, -0.2) is 31.7 Å². The van der Waals surface area contributed by atoms with Crippen molar-refractivity contribution in [2.75, 3.05) is 13.1 Å². The van der Waals surface area contributed by atoms with E-state index in [1.807, 2.05) is 0 Å². The van der Waals surface area contributed by atoms with Crippen LogP contribution in [0.3, 0.4) is 0 Å². The highest BCUT2D eigenvalue weighted by Gasteiger charge is 2.33. The van der Waals surface area contributed by atoms with Gasteiger partial charge in [-0.2, -0.15) is 17.5 Å². The minimum atomic E-state index is -4.69. The highest BCUT2D eigenvalue weighted by Crippen LogP contribution is 2.31. The zero-order valence-electron chi connectivity index (χ0n) is 15.1. The van der Waals surface area contributed by atoms with Crippen LogP contribution in [0.2, 0.25) is 5.02 Å². The molecule has 0 aromatic heterocycles. The van der Waals surface area contributed by atoms with Crippen molar-refractivity contribution in [2.45, 2.75) is 17.6 Å². The van der Waals surface area contributed by atoms with Gasteiger partial charge in [-0.05, 0) is 35.9 Å². The van der Waals surface area contributed by atoms with Gasteiger partial charge in [-0.1, -0.05) is 35.9 Å². The molecule has 0 unspecified atom stereocenters. The Labute approximate surface area is 171 Å². The molecule has 0 aliphatic carbocycles. The molecule has 2 aromatic carbocycles. The van der Waals surface area contributed by atoms with Crippen molar-refractivity contribution < 1.29 is 26.4 Å². The van der Waals surface area contributed by atoms with Gasteiger partial charge in [0.15, 0.2) is 0 Å². The van der Waals surface area contributed by atoms with Crippen LogP contribution in [-0.2, 0) is 27.5 Å². The van der Waals surface area contributed by atoms with Gasteiger partial charge in [-0.3, -0.25) is 4.79 Å². The van der Waals surface area contributed by atoms with Gasteiger partial charge < -0.3 is 5.32 Å². The Bertz CT molecular complexity index is 994. The van der Waals surface area contributed by atoms with Crippen molar-refractivity contribution in [3.63, 3.8) is 0 Å². The van der Waals surface area contributed by atoms with Crippen LogP contribution in [0.4, 0.5) is 13.2 Å². The molecule has 0 saturated heterocycles. The average molecular weight is 447 g/mol. The van der Waals surface area contributed by atoms with E-state index in [0.29, 0.717) is 16.7 Å². The van der Waals surface area contributed by atoms with E-state index >= 15 is 0 Å². The van der Waals surface area contributed by atoms with Gasteiger partial charge in [0, 0.05) is 18.1 Å². The number of nitrogens with zero attached hydrogens (tertiary/aromatic N) is 1. The van der Waals surface area contributed by atoms with E-state index in [0.717, 1.165) is 22.5 Å². The fraction of sp³-hybridized carbons (Fsp3) is 0.211. The molecular weight excluding hydrogens is 429 g/mol. The summed E-state index contributed by atoms with van der Waals surface area (Å²) < 4.78 is 65.0. The van der Waals surface area contributed by atoms with Crippen LogP contribution in [0, 0.1) is 0 Å². The predicted octanol–water partition coefficient (Wildman–Crippen LogP) is 3.85. The van der Waals surface area contributed by atoms with Crippen molar-refractivity contribution in [2.24, 2.45) is 0 Å². The number of alkyl halides is 3. The lowest BCUT2D eigenvalue weighted by molar-refractivity contribution is -0.137. The maximum absolute atomic E-state index is 12.9. The first-order valence-electron chi connectivity index (χ1n) is 8.33. The quantitative estimate of drug-likeness (QED) is 0.626. The monoisotopic (exact) mass is 446 g/mol. The smallest absolute Gasteiger partial charge is 0.351 e.